The van der Waals surface area contributed by atoms with Crippen molar-refractivity contribution in [1.29, 1.82) is 0 Å². The topological polar surface area (TPSA) is 46.5 Å². The molecule has 0 aromatic rings. The van der Waals surface area contributed by atoms with E-state index in [1.807, 2.05) is 0 Å². The Bertz CT molecular complexity index is 288. The van der Waals surface area contributed by atoms with Crippen LogP contribution in [0.5, 0.6) is 0 Å². The van der Waals surface area contributed by atoms with E-state index < -0.39 is 11.0 Å². The van der Waals surface area contributed by atoms with E-state index in [-0.39, 0.29) is 5.97 Å². The summed E-state index contributed by atoms with van der Waals surface area (Å²) in [6, 6.07) is 0. The van der Waals surface area contributed by atoms with E-state index in [9.17, 15) is 9.90 Å². The normalized spacial score (nSPS) is 26.6. The van der Waals surface area contributed by atoms with Crippen molar-refractivity contribution in [1.82, 2.24) is 0 Å². The lowest BCUT2D eigenvalue weighted by molar-refractivity contribution is -0.174. The van der Waals surface area contributed by atoms with Crippen LogP contribution in [0.15, 0.2) is 12.2 Å². The molecule has 3 nitrogen and oxygen atoms in total. The molecule has 0 aromatic carbocycles. The Hall–Kier alpha value is -0.830. The summed E-state index contributed by atoms with van der Waals surface area (Å²) >= 11 is 0. The highest BCUT2D eigenvalue weighted by molar-refractivity contribution is 5.79. The van der Waals surface area contributed by atoms with Gasteiger partial charge in [0.2, 0.25) is 0 Å². The van der Waals surface area contributed by atoms with E-state index in [4.69, 9.17) is 4.74 Å². The summed E-state index contributed by atoms with van der Waals surface area (Å²) in [6.45, 7) is 9.45. The summed E-state index contributed by atoms with van der Waals surface area (Å²) in [4.78, 5) is 12.1. The Morgan fingerprint density at radius 3 is 2.69 bits per heavy atom. The fourth-order valence-electron chi connectivity index (χ4n) is 2.46. The molecule has 0 radical (unpaired) electrons. The van der Waals surface area contributed by atoms with Gasteiger partial charge in [0, 0.05) is 0 Å². The highest BCUT2D eigenvalue weighted by Gasteiger charge is 2.52. The maximum atomic E-state index is 12.1. The van der Waals surface area contributed by atoms with Crippen LogP contribution in [-0.2, 0) is 9.53 Å². The van der Waals surface area contributed by atoms with Gasteiger partial charge < -0.3 is 9.84 Å². The minimum absolute atomic E-state index is 0.289. The van der Waals surface area contributed by atoms with Crippen molar-refractivity contribution in [3.63, 3.8) is 0 Å². The van der Waals surface area contributed by atoms with Gasteiger partial charge in [-0.25, -0.2) is 0 Å². The van der Waals surface area contributed by atoms with Crippen LogP contribution in [0.25, 0.3) is 0 Å². The first-order valence-corrected chi connectivity index (χ1v) is 5.90. The number of hydrogen-bond acceptors (Lipinski definition) is 3. The molecule has 92 valence electrons. The largest absolute Gasteiger partial charge is 0.465 e. The third-order valence-electron chi connectivity index (χ3n) is 3.52. The van der Waals surface area contributed by atoms with Crippen LogP contribution in [0.4, 0.5) is 0 Å². The smallest absolute Gasteiger partial charge is 0.315 e. The van der Waals surface area contributed by atoms with Crippen LogP contribution in [0.3, 0.4) is 0 Å². The highest BCUT2D eigenvalue weighted by Crippen LogP contribution is 2.47. The van der Waals surface area contributed by atoms with E-state index in [0.29, 0.717) is 19.4 Å². The minimum Gasteiger partial charge on any atom is -0.465 e. The molecule has 1 aliphatic carbocycles. The number of carbonyl (C=O) groups excluding carboxylic acids is 1. The average Bonchev–Trinajstić information content (AvgIpc) is 2.16. The summed E-state index contributed by atoms with van der Waals surface area (Å²) in [5, 5.41) is 10.3. The van der Waals surface area contributed by atoms with Crippen molar-refractivity contribution in [2.45, 2.75) is 52.1 Å². The Morgan fingerprint density at radius 2 is 2.25 bits per heavy atom. The molecule has 3 heteroatoms. The maximum Gasteiger partial charge on any atom is 0.315 e. The quantitative estimate of drug-likeness (QED) is 0.594. The van der Waals surface area contributed by atoms with E-state index in [0.717, 1.165) is 18.4 Å². The molecule has 1 N–H and O–H groups in total. The van der Waals surface area contributed by atoms with Crippen molar-refractivity contribution in [2.75, 3.05) is 6.61 Å². The molecule has 1 atom stereocenters. The minimum atomic E-state index is -1.07. The van der Waals surface area contributed by atoms with Gasteiger partial charge in [-0.1, -0.05) is 12.2 Å². The molecule has 0 saturated heterocycles. The van der Waals surface area contributed by atoms with Gasteiger partial charge in [0.05, 0.1) is 17.6 Å². The van der Waals surface area contributed by atoms with Crippen molar-refractivity contribution in [3.05, 3.63) is 12.2 Å². The average molecular weight is 226 g/mol. The van der Waals surface area contributed by atoms with Crippen molar-refractivity contribution in [2.24, 2.45) is 5.41 Å². The lowest BCUT2D eigenvalue weighted by Gasteiger charge is -2.44. The van der Waals surface area contributed by atoms with E-state index in [2.05, 4.69) is 6.58 Å². The molecule has 16 heavy (non-hydrogen) atoms. The third kappa shape index (κ3) is 2.29. The number of rotatable bonds is 3. The van der Waals surface area contributed by atoms with Gasteiger partial charge in [0.25, 0.3) is 0 Å². The lowest BCUT2D eigenvalue weighted by Crippen LogP contribution is -2.51. The summed E-state index contributed by atoms with van der Waals surface area (Å²) in [7, 11) is 0. The summed E-state index contributed by atoms with van der Waals surface area (Å²) in [5.74, 6) is -0.289. The number of carbonyl (C=O) groups is 1. The van der Waals surface area contributed by atoms with E-state index in [1.165, 1.54) is 0 Å². The fraction of sp³-hybridized carbons (Fsp3) is 0.769. The molecule has 1 unspecified atom stereocenters. The molecule has 0 aliphatic heterocycles. The summed E-state index contributed by atoms with van der Waals surface area (Å²) in [5.41, 5.74) is -0.845. The standard InChI is InChI=1S/C13H22O3/c1-5-16-11(14)13(12(3,4)15)8-6-7-10(2)9-13/h15H,2,5-9H2,1,3-4H3. The molecule has 1 saturated carbocycles. The molecule has 1 rings (SSSR count). The molecular weight excluding hydrogens is 204 g/mol. The zero-order chi connectivity index (χ0) is 12.4. The zero-order valence-corrected chi connectivity index (χ0v) is 10.5. The Kier molecular flexibility index (Phi) is 3.79. The summed E-state index contributed by atoms with van der Waals surface area (Å²) < 4.78 is 5.12. The van der Waals surface area contributed by atoms with Gasteiger partial charge in [-0.3, -0.25) is 4.79 Å². The Morgan fingerprint density at radius 1 is 1.62 bits per heavy atom. The van der Waals surface area contributed by atoms with Crippen LogP contribution in [-0.4, -0.2) is 23.3 Å². The second kappa shape index (κ2) is 4.58. The van der Waals surface area contributed by atoms with Crippen LogP contribution in [0.2, 0.25) is 0 Å². The second-order valence-electron chi connectivity index (χ2n) is 5.14. The number of aliphatic hydroxyl groups is 1. The Labute approximate surface area is 97.5 Å². The van der Waals surface area contributed by atoms with Crippen molar-refractivity contribution < 1.29 is 14.6 Å². The first kappa shape index (κ1) is 13.2. The molecule has 0 spiro atoms. The van der Waals surface area contributed by atoms with Gasteiger partial charge >= 0.3 is 5.97 Å². The molecule has 1 fully saturated rings. The number of hydrogen-bond donors (Lipinski definition) is 1. The zero-order valence-electron chi connectivity index (χ0n) is 10.5. The summed E-state index contributed by atoms with van der Waals surface area (Å²) in [6.07, 6.45) is 3.04. The lowest BCUT2D eigenvalue weighted by atomic mass is 9.63. The van der Waals surface area contributed by atoms with Crippen LogP contribution in [0, 0.1) is 5.41 Å². The molecule has 1 aliphatic rings. The predicted molar refractivity (Wildman–Crippen MR) is 63.0 cm³/mol. The molecule has 0 bridgehead atoms. The van der Waals surface area contributed by atoms with Gasteiger partial charge in [-0.15, -0.1) is 0 Å². The van der Waals surface area contributed by atoms with E-state index >= 15 is 0 Å². The fourth-order valence-corrected chi connectivity index (χ4v) is 2.46. The molecular formula is C13H22O3. The van der Waals surface area contributed by atoms with Crippen molar-refractivity contribution in [3.8, 4) is 0 Å². The van der Waals surface area contributed by atoms with Gasteiger partial charge in [-0.05, 0) is 46.5 Å². The molecule has 0 aromatic heterocycles. The maximum absolute atomic E-state index is 12.1. The third-order valence-corrected chi connectivity index (χ3v) is 3.52. The van der Waals surface area contributed by atoms with E-state index in [1.54, 1.807) is 20.8 Å². The van der Waals surface area contributed by atoms with Gasteiger partial charge in [0.1, 0.15) is 0 Å². The first-order chi connectivity index (χ1) is 7.33. The molecule has 0 heterocycles. The second-order valence-corrected chi connectivity index (χ2v) is 5.14. The monoisotopic (exact) mass is 226 g/mol. The van der Waals surface area contributed by atoms with Crippen LogP contribution >= 0.6 is 0 Å². The highest BCUT2D eigenvalue weighted by atomic mass is 16.5. The Balaban J connectivity index is 3.01. The van der Waals surface area contributed by atoms with Crippen molar-refractivity contribution >= 4 is 5.97 Å². The number of allylic oxidation sites excluding steroid dienone is 1. The van der Waals surface area contributed by atoms with Gasteiger partial charge in [-0.2, -0.15) is 0 Å². The first-order valence-electron chi connectivity index (χ1n) is 5.90. The predicted octanol–water partition coefficient (Wildman–Crippen LogP) is 2.44. The number of ether oxygens (including phenoxy) is 1. The van der Waals surface area contributed by atoms with Crippen LogP contribution < -0.4 is 0 Å². The van der Waals surface area contributed by atoms with Gasteiger partial charge in [0.15, 0.2) is 0 Å². The SMILES string of the molecule is C=C1CCCC(C(=O)OCC)(C(C)(C)O)C1. The van der Waals surface area contributed by atoms with Crippen LogP contribution in [0.1, 0.15) is 46.5 Å². The number of esters is 1. The molecule has 0 amide bonds.